The summed E-state index contributed by atoms with van der Waals surface area (Å²) < 4.78 is 5.43. The largest absolute Gasteiger partial charge is 0.480 e. The molecular weight excluding hydrogens is 274 g/mol. The van der Waals surface area contributed by atoms with Crippen LogP contribution in [0.15, 0.2) is 22.6 Å². The van der Waals surface area contributed by atoms with Crippen LogP contribution in [0.25, 0.3) is 11.5 Å². The lowest BCUT2D eigenvalue weighted by molar-refractivity contribution is -0.143. The fourth-order valence-electron chi connectivity index (χ4n) is 1.75. The average molecular weight is 291 g/mol. The molecule has 7 nitrogen and oxygen atoms in total. The molecule has 1 atom stereocenters. The van der Waals surface area contributed by atoms with Gasteiger partial charge in [0.05, 0.1) is 0 Å². The minimum Gasteiger partial charge on any atom is -0.480 e. The molecule has 0 saturated carbocycles. The second kappa shape index (κ2) is 5.43. The number of H-pyrrole nitrogens is 1. The number of aromatic nitrogens is 2. The number of hydrogen-bond acceptors (Lipinski definition) is 4. The summed E-state index contributed by atoms with van der Waals surface area (Å²) in [6, 6.07) is 5.08. The first-order valence-electron chi connectivity index (χ1n) is 6.54. The van der Waals surface area contributed by atoms with Crippen molar-refractivity contribution in [3.05, 3.63) is 29.7 Å². The monoisotopic (exact) mass is 291 g/mol. The highest BCUT2D eigenvalue weighted by molar-refractivity contribution is 5.96. The molecule has 0 aliphatic heterocycles. The number of carboxylic acid groups (broad SMARTS) is 1. The zero-order valence-corrected chi connectivity index (χ0v) is 12.1. The Balaban J connectivity index is 2.18. The highest BCUT2D eigenvalue weighted by Crippen LogP contribution is 2.20. The standard InChI is InChI=1S/C14H17N3O4/c1-4-14(3,13(19)20)15-12(18)10-7-9(16-17-10)11-6-5-8(2)21-11/h5-7H,4H2,1-3H3,(H,15,18)(H,16,17)(H,19,20). The van der Waals surface area contributed by atoms with E-state index >= 15 is 0 Å². The number of amides is 1. The van der Waals surface area contributed by atoms with Crippen molar-refractivity contribution in [2.75, 3.05) is 0 Å². The fourth-order valence-corrected chi connectivity index (χ4v) is 1.75. The van der Waals surface area contributed by atoms with E-state index in [0.29, 0.717) is 11.5 Å². The van der Waals surface area contributed by atoms with E-state index in [1.165, 1.54) is 13.0 Å². The van der Waals surface area contributed by atoms with Gasteiger partial charge in [-0.15, -0.1) is 0 Å². The molecule has 2 aromatic heterocycles. The lowest BCUT2D eigenvalue weighted by Gasteiger charge is -2.23. The number of aliphatic carboxylic acids is 1. The number of nitrogens with one attached hydrogen (secondary N) is 2. The van der Waals surface area contributed by atoms with Gasteiger partial charge in [0.1, 0.15) is 17.0 Å². The molecule has 21 heavy (non-hydrogen) atoms. The number of furan rings is 1. The summed E-state index contributed by atoms with van der Waals surface area (Å²) in [5.74, 6) is -0.325. The van der Waals surface area contributed by atoms with Crippen molar-refractivity contribution in [1.29, 1.82) is 0 Å². The molecule has 112 valence electrons. The third kappa shape index (κ3) is 2.96. The molecular formula is C14H17N3O4. The van der Waals surface area contributed by atoms with Gasteiger partial charge in [-0.1, -0.05) is 6.92 Å². The first-order valence-corrected chi connectivity index (χ1v) is 6.54. The van der Waals surface area contributed by atoms with Gasteiger partial charge in [0.2, 0.25) is 0 Å². The van der Waals surface area contributed by atoms with E-state index in [4.69, 9.17) is 9.52 Å². The molecule has 1 amide bonds. The summed E-state index contributed by atoms with van der Waals surface area (Å²) in [6.07, 6.45) is 0.267. The van der Waals surface area contributed by atoms with Gasteiger partial charge < -0.3 is 14.8 Å². The van der Waals surface area contributed by atoms with Crippen LogP contribution in [0.5, 0.6) is 0 Å². The molecule has 2 heterocycles. The third-order valence-corrected chi connectivity index (χ3v) is 3.38. The summed E-state index contributed by atoms with van der Waals surface area (Å²) >= 11 is 0. The minimum absolute atomic E-state index is 0.111. The molecule has 1 unspecified atom stereocenters. The van der Waals surface area contributed by atoms with Crippen molar-refractivity contribution in [2.24, 2.45) is 0 Å². The van der Waals surface area contributed by atoms with Crippen LogP contribution in [0.1, 0.15) is 36.5 Å². The van der Waals surface area contributed by atoms with Crippen LogP contribution in [0.4, 0.5) is 0 Å². The Bertz CT molecular complexity index is 673. The molecule has 3 N–H and O–H groups in total. The van der Waals surface area contributed by atoms with Crippen molar-refractivity contribution in [2.45, 2.75) is 32.7 Å². The van der Waals surface area contributed by atoms with Crippen molar-refractivity contribution in [3.63, 3.8) is 0 Å². The normalized spacial score (nSPS) is 13.7. The lowest BCUT2D eigenvalue weighted by atomic mass is 9.99. The predicted octanol–water partition coefficient (Wildman–Crippen LogP) is 1.96. The second-order valence-electron chi connectivity index (χ2n) is 5.02. The summed E-state index contributed by atoms with van der Waals surface area (Å²) in [6.45, 7) is 4.96. The Hall–Kier alpha value is -2.57. The highest BCUT2D eigenvalue weighted by atomic mass is 16.4. The van der Waals surface area contributed by atoms with E-state index < -0.39 is 17.4 Å². The molecule has 0 fully saturated rings. The van der Waals surface area contributed by atoms with Crippen LogP contribution in [-0.4, -0.2) is 32.7 Å². The molecule has 2 aromatic rings. The van der Waals surface area contributed by atoms with E-state index in [1.807, 2.05) is 6.92 Å². The minimum atomic E-state index is -1.32. The van der Waals surface area contributed by atoms with Gasteiger partial charge in [0, 0.05) is 6.07 Å². The Morgan fingerprint density at radius 3 is 2.71 bits per heavy atom. The SMILES string of the molecule is CCC(C)(NC(=O)c1cc(-c2ccc(C)o2)[nH]n1)C(=O)O. The van der Waals surface area contributed by atoms with Crippen LogP contribution >= 0.6 is 0 Å². The Kier molecular flexibility index (Phi) is 3.84. The maximum absolute atomic E-state index is 12.1. The number of rotatable bonds is 5. The van der Waals surface area contributed by atoms with Crippen molar-refractivity contribution in [1.82, 2.24) is 15.5 Å². The van der Waals surface area contributed by atoms with Crippen LogP contribution in [0.3, 0.4) is 0 Å². The molecule has 0 saturated heterocycles. The van der Waals surface area contributed by atoms with Crippen molar-refractivity contribution in [3.8, 4) is 11.5 Å². The lowest BCUT2D eigenvalue weighted by Crippen LogP contribution is -2.51. The topological polar surface area (TPSA) is 108 Å². The summed E-state index contributed by atoms with van der Waals surface area (Å²) in [5, 5.41) is 18.2. The van der Waals surface area contributed by atoms with Gasteiger partial charge >= 0.3 is 5.97 Å². The van der Waals surface area contributed by atoms with Gasteiger partial charge in [-0.25, -0.2) is 4.79 Å². The summed E-state index contributed by atoms with van der Waals surface area (Å²) in [7, 11) is 0. The molecule has 2 rings (SSSR count). The zero-order valence-electron chi connectivity index (χ0n) is 12.1. The molecule has 7 heteroatoms. The van der Waals surface area contributed by atoms with Crippen molar-refractivity contribution >= 4 is 11.9 Å². The summed E-state index contributed by atoms with van der Waals surface area (Å²) in [5.41, 5.74) is -0.654. The Morgan fingerprint density at radius 2 is 2.19 bits per heavy atom. The maximum Gasteiger partial charge on any atom is 0.329 e. The van der Waals surface area contributed by atoms with E-state index in [-0.39, 0.29) is 12.1 Å². The van der Waals surface area contributed by atoms with Crippen molar-refractivity contribution < 1.29 is 19.1 Å². The number of carbonyl (C=O) groups excluding carboxylic acids is 1. The Labute approximate surface area is 121 Å². The number of nitrogens with zero attached hydrogens (tertiary/aromatic N) is 1. The van der Waals surface area contributed by atoms with Gasteiger partial charge in [0.25, 0.3) is 5.91 Å². The molecule has 0 spiro atoms. The number of carboxylic acids is 1. The average Bonchev–Trinajstić information content (AvgIpc) is 3.06. The fraction of sp³-hybridized carbons (Fsp3) is 0.357. The van der Waals surface area contributed by atoms with E-state index in [9.17, 15) is 9.59 Å². The number of hydrogen-bond donors (Lipinski definition) is 3. The molecule has 0 radical (unpaired) electrons. The van der Waals surface area contributed by atoms with Crippen LogP contribution in [0, 0.1) is 6.92 Å². The highest BCUT2D eigenvalue weighted by Gasteiger charge is 2.33. The maximum atomic E-state index is 12.1. The third-order valence-electron chi connectivity index (χ3n) is 3.38. The predicted molar refractivity (Wildman–Crippen MR) is 74.8 cm³/mol. The zero-order chi connectivity index (χ0) is 15.6. The number of carbonyl (C=O) groups is 2. The molecule has 0 aliphatic carbocycles. The number of aryl methyl sites for hydroxylation is 1. The van der Waals surface area contributed by atoms with Gasteiger partial charge in [-0.05, 0) is 32.4 Å². The quantitative estimate of drug-likeness (QED) is 0.780. The van der Waals surface area contributed by atoms with Crippen LogP contribution in [-0.2, 0) is 4.79 Å². The Morgan fingerprint density at radius 1 is 1.48 bits per heavy atom. The summed E-state index contributed by atoms with van der Waals surface area (Å²) in [4.78, 5) is 23.3. The van der Waals surface area contributed by atoms with Gasteiger partial charge in [0.15, 0.2) is 11.5 Å². The second-order valence-corrected chi connectivity index (χ2v) is 5.02. The van der Waals surface area contributed by atoms with Crippen LogP contribution < -0.4 is 5.32 Å². The molecule has 0 aliphatic rings. The van der Waals surface area contributed by atoms with E-state index in [2.05, 4.69) is 15.5 Å². The van der Waals surface area contributed by atoms with Crippen LogP contribution in [0.2, 0.25) is 0 Å². The molecule has 0 aromatic carbocycles. The first kappa shape index (κ1) is 14.8. The first-order chi connectivity index (χ1) is 9.85. The van der Waals surface area contributed by atoms with Gasteiger partial charge in [-0.2, -0.15) is 5.10 Å². The smallest absolute Gasteiger partial charge is 0.329 e. The number of aromatic amines is 1. The van der Waals surface area contributed by atoms with E-state index in [0.717, 1.165) is 5.76 Å². The van der Waals surface area contributed by atoms with Gasteiger partial charge in [-0.3, -0.25) is 9.89 Å². The van der Waals surface area contributed by atoms with E-state index in [1.54, 1.807) is 19.1 Å². The molecule has 0 bridgehead atoms.